The van der Waals surface area contributed by atoms with E-state index in [4.69, 9.17) is 14.2 Å². The van der Waals surface area contributed by atoms with Crippen molar-refractivity contribution in [2.45, 2.75) is 245 Å². The van der Waals surface area contributed by atoms with Gasteiger partial charge in [0.1, 0.15) is 13.2 Å². The first-order chi connectivity index (χ1) is 30.0. The van der Waals surface area contributed by atoms with Crippen molar-refractivity contribution < 1.29 is 28.6 Å². The minimum Gasteiger partial charge on any atom is -0.462 e. The number of ether oxygens (including phenoxy) is 3. The number of allylic oxidation sites excluding steroid dienone is 12. The third-order valence-corrected chi connectivity index (χ3v) is 10.7. The van der Waals surface area contributed by atoms with Gasteiger partial charge >= 0.3 is 17.9 Å². The molecular weight excluding hydrogens is 757 g/mol. The van der Waals surface area contributed by atoms with E-state index in [-0.39, 0.29) is 44.0 Å². The minimum absolute atomic E-state index is 0.105. The van der Waals surface area contributed by atoms with E-state index in [1.165, 1.54) is 122 Å². The average molecular weight is 851 g/mol. The molecule has 0 fully saturated rings. The van der Waals surface area contributed by atoms with Gasteiger partial charge in [-0.05, 0) is 89.9 Å². The molecule has 0 aliphatic carbocycles. The highest BCUT2D eigenvalue weighted by Crippen LogP contribution is 2.13. The molecule has 0 N–H and O–H groups in total. The van der Waals surface area contributed by atoms with Crippen LogP contribution < -0.4 is 0 Å². The summed E-state index contributed by atoms with van der Waals surface area (Å²) in [6.45, 7) is 6.51. The van der Waals surface area contributed by atoms with Crippen molar-refractivity contribution in [1.29, 1.82) is 0 Å². The predicted octanol–water partition coefficient (Wildman–Crippen LogP) is 16.6. The van der Waals surface area contributed by atoms with E-state index in [2.05, 4.69) is 93.7 Å². The summed E-state index contributed by atoms with van der Waals surface area (Å²) < 4.78 is 16.7. The lowest BCUT2D eigenvalue weighted by molar-refractivity contribution is -0.167. The van der Waals surface area contributed by atoms with Crippen LogP contribution in [0.5, 0.6) is 0 Å². The van der Waals surface area contributed by atoms with Crippen LogP contribution >= 0.6 is 0 Å². The second-order valence-corrected chi connectivity index (χ2v) is 16.7. The lowest BCUT2D eigenvalue weighted by Crippen LogP contribution is -2.30. The number of hydrogen-bond acceptors (Lipinski definition) is 6. The van der Waals surface area contributed by atoms with E-state index in [0.717, 1.165) is 64.2 Å². The van der Waals surface area contributed by atoms with Crippen molar-refractivity contribution in [1.82, 2.24) is 0 Å². The lowest BCUT2D eigenvalue weighted by atomic mass is 10.1. The average Bonchev–Trinajstić information content (AvgIpc) is 3.26. The molecule has 0 aromatic carbocycles. The van der Waals surface area contributed by atoms with Crippen molar-refractivity contribution >= 4 is 17.9 Å². The molecule has 0 saturated carbocycles. The van der Waals surface area contributed by atoms with E-state index < -0.39 is 6.10 Å². The Morgan fingerprint density at radius 1 is 0.328 bits per heavy atom. The van der Waals surface area contributed by atoms with Gasteiger partial charge in [0.2, 0.25) is 0 Å². The van der Waals surface area contributed by atoms with Crippen molar-refractivity contribution in [3.63, 3.8) is 0 Å². The fraction of sp³-hybridized carbons (Fsp3) is 0.727. The molecule has 350 valence electrons. The maximum absolute atomic E-state index is 12.8. The zero-order valence-corrected chi connectivity index (χ0v) is 39.9. The van der Waals surface area contributed by atoms with Crippen molar-refractivity contribution in [2.75, 3.05) is 13.2 Å². The Kier molecular flexibility index (Phi) is 46.9. The smallest absolute Gasteiger partial charge is 0.306 e. The van der Waals surface area contributed by atoms with E-state index in [9.17, 15) is 14.4 Å². The Labute approximate surface area is 376 Å². The SMILES string of the molecule is CCCCC/C=C\C/C=C\C/C=C\CCCCC(=O)O[C@H](COC(=O)CCC/C=C\C/C=C\C/C=C\CCCCCCCC)COC(=O)CCCCCCCCCCCCC. The highest BCUT2D eigenvalue weighted by atomic mass is 16.6. The third-order valence-electron chi connectivity index (χ3n) is 10.7. The highest BCUT2D eigenvalue weighted by molar-refractivity contribution is 5.71. The molecule has 6 heteroatoms. The summed E-state index contributed by atoms with van der Waals surface area (Å²) in [5, 5.41) is 0. The molecule has 0 heterocycles. The van der Waals surface area contributed by atoms with Crippen molar-refractivity contribution in [2.24, 2.45) is 0 Å². The first kappa shape index (κ1) is 57.9. The van der Waals surface area contributed by atoms with Crippen LogP contribution in [0.1, 0.15) is 239 Å². The fourth-order valence-corrected chi connectivity index (χ4v) is 6.82. The lowest BCUT2D eigenvalue weighted by Gasteiger charge is -2.18. The monoisotopic (exact) mass is 851 g/mol. The molecule has 0 rings (SSSR count). The van der Waals surface area contributed by atoms with Gasteiger partial charge in [0.15, 0.2) is 6.10 Å². The number of hydrogen-bond donors (Lipinski definition) is 0. The Bertz CT molecular complexity index is 1160. The topological polar surface area (TPSA) is 78.9 Å². The minimum atomic E-state index is -0.812. The quantitative estimate of drug-likeness (QED) is 0.0263. The molecule has 0 unspecified atom stereocenters. The van der Waals surface area contributed by atoms with Crippen molar-refractivity contribution in [3.8, 4) is 0 Å². The van der Waals surface area contributed by atoms with Gasteiger partial charge in [-0.2, -0.15) is 0 Å². The maximum Gasteiger partial charge on any atom is 0.306 e. The summed E-state index contributed by atoms with van der Waals surface area (Å²) in [7, 11) is 0. The second kappa shape index (κ2) is 49.5. The first-order valence-electron chi connectivity index (χ1n) is 25.4. The van der Waals surface area contributed by atoms with Crippen LogP contribution in [0.25, 0.3) is 0 Å². The number of esters is 3. The van der Waals surface area contributed by atoms with Gasteiger partial charge in [-0.1, -0.05) is 203 Å². The zero-order valence-electron chi connectivity index (χ0n) is 39.9. The Hall–Kier alpha value is -3.15. The molecule has 1 atom stereocenters. The summed E-state index contributed by atoms with van der Waals surface area (Å²) in [4.78, 5) is 37.9. The van der Waals surface area contributed by atoms with E-state index in [1.54, 1.807) is 0 Å². The molecule has 0 amide bonds. The molecule has 0 saturated heterocycles. The van der Waals surface area contributed by atoms with E-state index in [0.29, 0.717) is 19.3 Å². The maximum atomic E-state index is 12.8. The summed E-state index contributed by atoms with van der Waals surface area (Å²) in [6, 6.07) is 0. The van der Waals surface area contributed by atoms with Crippen molar-refractivity contribution in [3.05, 3.63) is 72.9 Å². The Morgan fingerprint density at radius 3 is 1.05 bits per heavy atom. The molecule has 0 aromatic rings. The number of carbonyl (C=O) groups excluding carboxylic acids is 3. The van der Waals surface area contributed by atoms with Gasteiger partial charge < -0.3 is 14.2 Å². The third kappa shape index (κ3) is 47.7. The summed E-state index contributed by atoms with van der Waals surface area (Å²) in [5.41, 5.74) is 0. The number of carbonyl (C=O) groups is 3. The molecule has 0 aromatic heterocycles. The molecule has 0 aliphatic heterocycles. The second-order valence-electron chi connectivity index (χ2n) is 16.7. The van der Waals surface area contributed by atoms with Crippen LogP contribution in [-0.2, 0) is 28.6 Å². The van der Waals surface area contributed by atoms with Crippen LogP contribution in [0.2, 0.25) is 0 Å². The van der Waals surface area contributed by atoms with E-state index >= 15 is 0 Å². The molecular formula is C55H94O6. The predicted molar refractivity (Wildman–Crippen MR) is 261 cm³/mol. The normalized spacial score (nSPS) is 12.6. The van der Waals surface area contributed by atoms with Gasteiger partial charge in [0.05, 0.1) is 0 Å². The summed E-state index contributed by atoms with van der Waals surface area (Å²) in [6.07, 6.45) is 61.8. The summed E-state index contributed by atoms with van der Waals surface area (Å²) >= 11 is 0. The van der Waals surface area contributed by atoms with Crippen LogP contribution in [0.4, 0.5) is 0 Å². The molecule has 0 radical (unpaired) electrons. The molecule has 0 aliphatic rings. The standard InChI is InChI=1S/C55H94O6/c1-4-7-10-13-16-19-22-24-26-27-29-30-33-36-39-42-45-48-54(57)60-51-52(50-59-53(56)47-44-41-38-35-32-21-18-15-12-9-6-3)61-55(58)49-46-43-40-37-34-31-28-25-23-20-17-14-11-8-5-2/h17,20,24-26,28-30,34,36-37,39,52H,4-16,18-19,21-23,27,31-33,35,38,40-51H2,1-3H3/b20-17-,26-24-,28-25-,30-29-,37-34-,39-36-/t52-/m0/s1. The molecule has 0 spiro atoms. The molecule has 6 nitrogen and oxygen atoms in total. The highest BCUT2D eigenvalue weighted by Gasteiger charge is 2.19. The van der Waals surface area contributed by atoms with Gasteiger partial charge in [-0.25, -0.2) is 0 Å². The number of unbranched alkanes of at least 4 members (excludes halogenated alkanes) is 22. The summed E-state index contributed by atoms with van der Waals surface area (Å²) in [5.74, 6) is -0.999. The molecule has 0 bridgehead atoms. The Morgan fingerprint density at radius 2 is 0.607 bits per heavy atom. The largest absolute Gasteiger partial charge is 0.462 e. The van der Waals surface area contributed by atoms with Crippen LogP contribution in [-0.4, -0.2) is 37.2 Å². The van der Waals surface area contributed by atoms with Gasteiger partial charge in [-0.15, -0.1) is 0 Å². The molecule has 61 heavy (non-hydrogen) atoms. The van der Waals surface area contributed by atoms with Gasteiger partial charge in [0, 0.05) is 19.3 Å². The van der Waals surface area contributed by atoms with Gasteiger partial charge in [0.25, 0.3) is 0 Å². The first-order valence-corrected chi connectivity index (χ1v) is 25.4. The van der Waals surface area contributed by atoms with Crippen LogP contribution in [0.3, 0.4) is 0 Å². The van der Waals surface area contributed by atoms with E-state index in [1.807, 2.05) is 0 Å². The number of rotatable bonds is 45. The van der Waals surface area contributed by atoms with Crippen LogP contribution in [0, 0.1) is 0 Å². The fourth-order valence-electron chi connectivity index (χ4n) is 6.82. The Balaban J connectivity index is 4.51. The van der Waals surface area contributed by atoms with Crippen LogP contribution in [0.15, 0.2) is 72.9 Å². The zero-order chi connectivity index (χ0) is 44.4. The van der Waals surface area contributed by atoms with Gasteiger partial charge in [-0.3, -0.25) is 14.4 Å².